The number of nitrogens with one attached hydrogen (secondary N) is 3. The van der Waals surface area contributed by atoms with Crippen molar-refractivity contribution in [3.05, 3.63) is 89.9 Å². The Hall–Kier alpha value is -4.77. The second kappa shape index (κ2) is 13.9. The number of hydrogen-bond acceptors (Lipinski definition) is 7. The summed E-state index contributed by atoms with van der Waals surface area (Å²) in [6, 6.07) is 22.6. The zero-order valence-electron chi connectivity index (χ0n) is 25.0. The summed E-state index contributed by atoms with van der Waals surface area (Å²) in [6.45, 7) is 3.38. The van der Waals surface area contributed by atoms with Crippen molar-refractivity contribution in [3.8, 4) is 22.3 Å². The molecule has 1 aliphatic heterocycles. The van der Waals surface area contributed by atoms with Gasteiger partial charge in [0.15, 0.2) is 0 Å². The third-order valence-electron chi connectivity index (χ3n) is 8.08. The fourth-order valence-corrected chi connectivity index (χ4v) is 6.81. The molecule has 0 bridgehead atoms. The average Bonchev–Trinajstić information content (AvgIpc) is 3.52. The lowest BCUT2D eigenvalue weighted by molar-refractivity contribution is -0.116. The highest BCUT2D eigenvalue weighted by Gasteiger charge is 2.16. The van der Waals surface area contributed by atoms with Gasteiger partial charge in [0.25, 0.3) is 0 Å². The van der Waals surface area contributed by atoms with Crippen molar-refractivity contribution < 1.29 is 9.59 Å². The Balaban J connectivity index is 1.13. The van der Waals surface area contributed by atoms with Crippen molar-refractivity contribution in [1.29, 1.82) is 0 Å². The number of likely N-dealkylation sites (tertiary alicyclic amines) is 1. The maximum atomic E-state index is 12.6. The van der Waals surface area contributed by atoms with Crippen LogP contribution in [0.1, 0.15) is 31.2 Å². The lowest BCUT2D eigenvalue weighted by Crippen LogP contribution is -2.32. The van der Waals surface area contributed by atoms with E-state index < -0.39 is 0 Å². The number of urea groups is 1. The molecule has 3 aromatic carbocycles. The van der Waals surface area contributed by atoms with Crippen LogP contribution in [0, 0.1) is 0 Å². The predicted molar refractivity (Wildman–Crippen MR) is 185 cm³/mol. The molecule has 2 aromatic heterocycles. The van der Waals surface area contributed by atoms with Gasteiger partial charge in [0.2, 0.25) is 5.91 Å². The Morgan fingerprint density at radius 2 is 1.49 bits per heavy atom. The maximum Gasteiger partial charge on any atom is 0.323 e. The molecule has 6 rings (SSSR count). The summed E-state index contributed by atoms with van der Waals surface area (Å²) in [5.41, 5.74) is 19.1. The first-order chi connectivity index (χ1) is 22.0. The Morgan fingerprint density at radius 1 is 0.822 bits per heavy atom. The Morgan fingerprint density at radius 3 is 2.20 bits per heavy atom. The zero-order chi connectivity index (χ0) is 31.2. The molecule has 1 saturated heterocycles. The van der Waals surface area contributed by atoms with E-state index in [0.717, 1.165) is 63.2 Å². The monoisotopic (exact) mass is 619 g/mol. The molecule has 7 N–H and O–H groups in total. The molecule has 0 unspecified atom stereocenters. The number of rotatable bonds is 9. The van der Waals surface area contributed by atoms with Gasteiger partial charge in [-0.05, 0) is 84.4 Å². The van der Waals surface area contributed by atoms with Crippen molar-refractivity contribution in [2.45, 2.75) is 32.2 Å². The van der Waals surface area contributed by atoms with Gasteiger partial charge in [0, 0.05) is 64.0 Å². The highest BCUT2D eigenvalue weighted by molar-refractivity contribution is 7.18. The van der Waals surface area contributed by atoms with Crippen LogP contribution in [-0.4, -0.2) is 41.5 Å². The number of anilines is 4. The van der Waals surface area contributed by atoms with Crippen molar-refractivity contribution in [2.75, 3.05) is 41.3 Å². The molecule has 1 aliphatic rings. The fourth-order valence-electron chi connectivity index (χ4n) is 5.69. The quantitative estimate of drug-likeness (QED) is 0.119. The summed E-state index contributed by atoms with van der Waals surface area (Å²) in [4.78, 5) is 32.0. The molecule has 0 spiro atoms. The van der Waals surface area contributed by atoms with Gasteiger partial charge in [-0.15, -0.1) is 11.3 Å². The van der Waals surface area contributed by atoms with Gasteiger partial charge in [-0.1, -0.05) is 42.8 Å². The zero-order valence-corrected chi connectivity index (χ0v) is 25.8. The van der Waals surface area contributed by atoms with Crippen LogP contribution in [0.4, 0.5) is 27.7 Å². The highest BCUT2D eigenvalue weighted by Crippen LogP contribution is 2.42. The summed E-state index contributed by atoms with van der Waals surface area (Å²) in [7, 11) is 0. The lowest BCUT2D eigenvalue weighted by atomic mass is 10.0. The van der Waals surface area contributed by atoms with Gasteiger partial charge in [-0.25, -0.2) is 9.78 Å². The van der Waals surface area contributed by atoms with Crippen LogP contribution < -0.4 is 27.4 Å². The molecule has 230 valence electrons. The number of hydrogen-bond donors (Lipinski definition) is 5. The second-order valence-electron chi connectivity index (χ2n) is 11.2. The summed E-state index contributed by atoms with van der Waals surface area (Å²) in [5, 5.41) is 11.7. The standard InChI is InChI=1S/C35H37N7O2S/c36-20-23-5-4-6-28(19-23)41-35(44)40-27-13-9-25(10-14-27)30-22-45-33-29(21-38-34(37)32(30)33)24-7-11-26(12-8-24)39-31(43)15-18-42-16-2-1-3-17-42/h4-14,19,21-22H,1-3,15-18,20,36H2,(H2,37,38)(H,39,43)(H2,40,41,44). The SMILES string of the molecule is NCc1cccc(NC(=O)Nc2ccc(-c3csc4c(-c5ccc(NC(=O)CCN6CCCCC6)cc5)cnc(N)c34)cc2)c1. The molecule has 0 atom stereocenters. The first kappa shape index (κ1) is 30.3. The third kappa shape index (κ3) is 7.31. The molecule has 5 aromatic rings. The number of aromatic nitrogens is 1. The van der Waals surface area contributed by atoms with E-state index >= 15 is 0 Å². The van der Waals surface area contributed by atoms with Gasteiger partial charge in [0.1, 0.15) is 5.82 Å². The first-order valence-corrected chi connectivity index (χ1v) is 16.1. The van der Waals surface area contributed by atoms with Crippen molar-refractivity contribution in [3.63, 3.8) is 0 Å². The summed E-state index contributed by atoms with van der Waals surface area (Å²) >= 11 is 1.62. The minimum atomic E-state index is -0.334. The van der Waals surface area contributed by atoms with Crippen LogP contribution >= 0.6 is 11.3 Å². The summed E-state index contributed by atoms with van der Waals surface area (Å²) in [6.07, 6.45) is 6.03. The van der Waals surface area contributed by atoms with Crippen molar-refractivity contribution >= 4 is 56.2 Å². The van der Waals surface area contributed by atoms with Crippen LogP contribution in [0.5, 0.6) is 0 Å². The third-order valence-corrected chi connectivity index (χ3v) is 9.10. The highest BCUT2D eigenvalue weighted by atomic mass is 32.1. The van der Waals surface area contributed by atoms with Crippen LogP contribution in [0.2, 0.25) is 0 Å². The second-order valence-corrected chi connectivity index (χ2v) is 12.1. The summed E-state index contributed by atoms with van der Waals surface area (Å²) in [5.74, 6) is 0.496. The van der Waals surface area contributed by atoms with Gasteiger partial charge < -0.3 is 32.3 Å². The molecule has 3 heterocycles. The lowest BCUT2D eigenvalue weighted by Gasteiger charge is -2.25. The number of carbonyl (C=O) groups is 2. The number of amides is 3. The van der Waals surface area contributed by atoms with E-state index in [0.29, 0.717) is 30.2 Å². The minimum absolute atomic E-state index is 0.0342. The van der Waals surface area contributed by atoms with Crippen molar-refractivity contribution in [2.24, 2.45) is 5.73 Å². The molecule has 3 amide bonds. The minimum Gasteiger partial charge on any atom is -0.383 e. The van der Waals surface area contributed by atoms with Crippen molar-refractivity contribution in [1.82, 2.24) is 9.88 Å². The number of carbonyl (C=O) groups excluding carboxylic acids is 2. The van der Waals surface area contributed by atoms with Crippen LogP contribution in [0.3, 0.4) is 0 Å². The van der Waals surface area contributed by atoms with E-state index in [-0.39, 0.29) is 11.9 Å². The van der Waals surface area contributed by atoms with E-state index in [1.807, 2.05) is 72.8 Å². The number of benzene rings is 3. The van der Waals surface area contributed by atoms with Crippen LogP contribution in [0.25, 0.3) is 32.3 Å². The molecule has 10 heteroatoms. The van der Waals surface area contributed by atoms with E-state index in [1.54, 1.807) is 17.5 Å². The van der Waals surface area contributed by atoms with Crippen LogP contribution in [-0.2, 0) is 11.3 Å². The molecular weight excluding hydrogens is 582 g/mol. The number of nitrogen functional groups attached to an aromatic ring is 1. The molecular formula is C35H37N7O2S. The number of nitrogens with zero attached hydrogens (tertiary/aromatic N) is 2. The van der Waals surface area contributed by atoms with Gasteiger partial charge in [-0.2, -0.15) is 0 Å². The number of fused-ring (bicyclic) bond motifs is 1. The summed E-state index contributed by atoms with van der Waals surface area (Å²) < 4.78 is 1.04. The molecule has 9 nitrogen and oxygen atoms in total. The van der Waals surface area contributed by atoms with E-state index in [4.69, 9.17) is 11.5 Å². The fraction of sp³-hybridized carbons (Fsp3) is 0.229. The van der Waals surface area contributed by atoms with Crippen LogP contribution in [0.15, 0.2) is 84.4 Å². The Bertz CT molecular complexity index is 1800. The molecule has 0 saturated carbocycles. The predicted octanol–water partition coefficient (Wildman–Crippen LogP) is 7.13. The van der Waals surface area contributed by atoms with Gasteiger partial charge in [-0.3, -0.25) is 4.79 Å². The Labute approximate surface area is 266 Å². The normalized spacial score (nSPS) is 13.4. The number of nitrogens with two attached hydrogens (primary N) is 2. The molecule has 0 aliphatic carbocycles. The maximum absolute atomic E-state index is 12.6. The van der Waals surface area contributed by atoms with Gasteiger partial charge >= 0.3 is 6.03 Å². The average molecular weight is 620 g/mol. The topological polar surface area (TPSA) is 138 Å². The number of piperidine rings is 1. The molecule has 1 fully saturated rings. The first-order valence-electron chi connectivity index (χ1n) is 15.2. The molecule has 45 heavy (non-hydrogen) atoms. The van der Waals surface area contributed by atoms with E-state index in [1.165, 1.54) is 19.3 Å². The van der Waals surface area contributed by atoms with Gasteiger partial charge in [0.05, 0.1) is 0 Å². The smallest absolute Gasteiger partial charge is 0.323 e. The number of thiophene rings is 1. The number of pyridine rings is 1. The largest absolute Gasteiger partial charge is 0.383 e. The van der Waals surface area contributed by atoms with E-state index in [9.17, 15) is 9.59 Å². The Kier molecular flexibility index (Phi) is 9.35. The van der Waals surface area contributed by atoms with E-state index in [2.05, 4.69) is 31.2 Å². The molecule has 0 radical (unpaired) electrons.